The monoisotopic (exact) mass is 482 g/mol. The number of nitrogens with zero attached hydrogens (tertiary/aromatic N) is 1. The Balaban J connectivity index is 1.49. The van der Waals surface area contributed by atoms with Crippen molar-refractivity contribution in [3.8, 4) is 11.3 Å². The summed E-state index contributed by atoms with van der Waals surface area (Å²) in [6.07, 6.45) is 1.83. The molecule has 0 bridgehead atoms. The molecule has 1 fully saturated rings. The second kappa shape index (κ2) is 10.3. The number of ether oxygens (including phenoxy) is 1. The van der Waals surface area contributed by atoms with E-state index in [0.717, 1.165) is 24.0 Å². The Morgan fingerprint density at radius 1 is 1.15 bits per heavy atom. The first-order valence-corrected chi connectivity index (χ1v) is 11.7. The lowest BCUT2D eigenvalue weighted by molar-refractivity contribution is -0.142. The second-order valence-corrected chi connectivity index (χ2v) is 9.09. The van der Waals surface area contributed by atoms with Crippen LogP contribution in [0.15, 0.2) is 53.1 Å². The van der Waals surface area contributed by atoms with Crippen LogP contribution in [0.25, 0.3) is 11.3 Å². The third-order valence-electron chi connectivity index (χ3n) is 6.41. The molecule has 0 radical (unpaired) electrons. The summed E-state index contributed by atoms with van der Waals surface area (Å²) in [6, 6.07) is 15.1. The molecule has 178 valence electrons. The van der Waals surface area contributed by atoms with Gasteiger partial charge >= 0.3 is 12.1 Å². The van der Waals surface area contributed by atoms with Gasteiger partial charge in [0, 0.05) is 16.1 Å². The minimum Gasteiger partial charge on any atom is -0.481 e. The molecule has 0 saturated heterocycles. The highest BCUT2D eigenvalue weighted by molar-refractivity contribution is 6.31. The number of rotatable bonds is 6. The summed E-state index contributed by atoms with van der Waals surface area (Å²) in [5.41, 5.74) is 3.60. The molecule has 34 heavy (non-hydrogen) atoms. The lowest BCUT2D eigenvalue weighted by Gasteiger charge is -2.26. The topological polar surface area (TPSA) is 102 Å². The minimum absolute atomic E-state index is 0.258. The molecule has 1 unspecified atom stereocenters. The van der Waals surface area contributed by atoms with Crippen molar-refractivity contribution in [3.05, 3.63) is 70.4 Å². The van der Waals surface area contributed by atoms with Gasteiger partial charge in [-0.3, -0.25) is 10.1 Å². The van der Waals surface area contributed by atoms with Gasteiger partial charge in [-0.25, -0.2) is 4.79 Å². The van der Waals surface area contributed by atoms with E-state index in [9.17, 15) is 14.7 Å². The van der Waals surface area contributed by atoms with Crippen molar-refractivity contribution in [1.29, 1.82) is 0 Å². The first-order valence-electron chi connectivity index (χ1n) is 11.3. The number of halogens is 1. The number of hydrogen-bond donors (Lipinski definition) is 2. The smallest absolute Gasteiger partial charge is 0.412 e. The Kier molecular flexibility index (Phi) is 7.22. The van der Waals surface area contributed by atoms with Crippen LogP contribution in [0.3, 0.4) is 0 Å². The van der Waals surface area contributed by atoms with Crippen molar-refractivity contribution in [2.24, 2.45) is 5.92 Å². The average molecular weight is 483 g/mol. The average Bonchev–Trinajstić information content (AvgIpc) is 3.19. The fourth-order valence-corrected chi connectivity index (χ4v) is 4.77. The van der Waals surface area contributed by atoms with Gasteiger partial charge in [-0.15, -0.1) is 0 Å². The van der Waals surface area contributed by atoms with Gasteiger partial charge in [0.2, 0.25) is 0 Å². The van der Waals surface area contributed by atoms with Crippen LogP contribution >= 0.6 is 11.6 Å². The van der Waals surface area contributed by atoms with E-state index in [1.807, 2.05) is 42.5 Å². The van der Waals surface area contributed by atoms with E-state index in [1.165, 1.54) is 0 Å². The first-order chi connectivity index (χ1) is 16.3. The fraction of sp³-hybridized carbons (Fsp3) is 0.346. The second-order valence-electron chi connectivity index (χ2n) is 8.68. The number of carbonyl (C=O) groups excluding carboxylic acids is 1. The zero-order chi connectivity index (χ0) is 24.2. The van der Waals surface area contributed by atoms with Crippen LogP contribution in [0.1, 0.15) is 61.4 Å². The number of aryl methyl sites for hydroxylation is 1. The fourth-order valence-electron chi connectivity index (χ4n) is 4.48. The Hall–Kier alpha value is -3.32. The largest absolute Gasteiger partial charge is 0.481 e. The van der Waals surface area contributed by atoms with E-state index in [2.05, 4.69) is 10.5 Å². The van der Waals surface area contributed by atoms with E-state index in [0.29, 0.717) is 40.6 Å². The molecule has 1 saturated carbocycles. The third-order valence-corrected chi connectivity index (χ3v) is 6.76. The van der Waals surface area contributed by atoms with Crippen LogP contribution in [0.2, 0.25) is 5.02 Å². The first kappa shape index (κ1) is 23.8. The summed E-state index contributed by atoms with van der Waals surface area (Å²) in [5, 5.41) is 16.6. The molecule has 7 nitrogen and oxygen atoms in total. The molecule has 4 rings (SSSR count). The Bertz CT molecular complexity index is 1180. The van der Waals surface area contributed by atoms with E-state index in [-0.39, 0.29) is 11.8 Å². The molecule has 0 spiro atoms. The quantitative estimate of drug-likeness (QED) is 0.393. The molecule has 1 heterocycles. The SMILES string of the molecule is Cc1noc(-c2cccc(C3CCC(C(=O)O)CC3)c2)c1NC(=O)OC(C)c1ccccc1Cl. The summed E-state index contributed by atoms with van der Waals surface area (Å²) in [5.74, 6) is -0.236. The number of amides is 1. The number of carboxylic acids is 1. The predicted molar refractivity (Wildman–Crippen MR) is 129 cm³/mol. The van der Waals surface area contributed by atoms with Crippen molar-refractivity contribution in [2.75, 3.05) is 5.32 Å². The summed E-state index contributed by atoms with van der Waals surface area (Å²) in [7, 11) is 0. The maximum absolute atomic E-state index is 12.6. The number of aliphatic carboxylic acids is 1. The molecule has 0 aliphatic heterocycles. The highest BCUT2D eigenvalue weighted by Gasteiger charge is 2.27. The van der Waals surface area contributed by atoms with Crippen molar-refractivity contribution in [2.45, 2.75) is 51.6 Å². The van der Waals surface area contributed by atoms with Crippen molar-refractivity contribution < 1.29 is 24.0 Å². The summed E-state index contributed by atoms with van der Waals surface area (Å²) < 4.78 is 11.1. The Labute approximate surface area is 203 Å². The van der Waals surface area contributed by atoms with Gasteiger partial charge < -0.3 is 14.4 Å². The summed E-state index contributed by atoms with van der Waals surface area (Å²) >= 11 is 6.21. The van der Waals surface area contributed by atoms with E-state index < -0.39 is 18.2 Å². The number of nitrogens with one attached hydrogen (secondary N) is 1. The molecule has 2 aromatic carbocycles. The Morgan fingerprint density at radius 3 is 2.59 bits per heavy atom. The van der Waals surface area contributed by atoms with E-state index in [4.69, 9.17) is 20.9 Å². The predicted octanol–water partition coefficient (Wildman–Crippen LogP) is 6.97. The summed E-state index contributed by atoms with van der Waals surface area (Å²) in [6.45, 7) is 3.50. The van der Waals surface area contributed by atoms with Crippen LogP contribution in [0.4, 0.5) is 10.5 Å². The van der Waals surface area contributed by atoms with Gasteiger partial charge in [0.1, 0.15) is 17.5 Å². The van der Waals surface area contributed by atoms with Gasteiger partial charge in [-0.2, -0.15) is 0 Å². The van der Waals surface area contributed by atoms with Gasteiger partial charge in [-0.1, -0.05) is 53.2 Å². The van der Waals surface area contributed by atoms with Crippen molar-refractivity contribution >= 4 is 29.4 Å². The lowest BCUT2D eigenvalue weighted by atomic mass is 9.78. The molecular weight excluding hydrogens is 456 g/mol. The molecule has 1 aliphatic rings. The van der Waals surface area contributed by atoms with Gasteiger partial charge in [0.15, 0.2) is 5.76 Å². The zero-order valence-electron chi connectivity index (χ0n) is 19.1. The lowest BCUT2D eigenvalue weighted by Crippen LogP contribution is -2.20. The number of benzene rings is 2. The van der Waals surface area contributed by atoms with Gasteiger partial charge in [0.25, 0.3) is 0 Å². The number of carbonyl (C=O) groups is 2. The van der Waals surface area contributed by atoms with Crippen LogP contribution in [0, 0.1) is 12.8 Å². The van der Waals surface area contributed by atoms with Crippen molar-refractivity contribution in [1.82, 2.24) is 5.16 Å². The highest BCUT2D eigenvalue weighted by Crippen LogP contribution is 2.38. The number of hydrogen-bond acceptors (Lipinski definition) is 5. The van der Waals surface area contributed by atoms with Crippen molar-refractivity contribution in [3.63, 3.8) is 0 Å². The highest BCUT2D eigenvalue weighted by atomic mass is 35.5. The van der Waals surface area contributed by atoms with E-state index >= 15 is 0 Å². The van der Waals surface area contributed by atoms with Crippen LogP contribution in [0.5, 0.6) is 0 Å². The molecule has 1 aromatic heterocycles. The molecular formula is C26H27ClN2O5. The van der Waals surface area contributed by atoms with Gasteiger partial charge in [-0.05, 0) is 63.1 Å². The van der Waals surface area contributed by atoms with Crippen LogP contribution in [-0.4, -0.2) is 22.3 Å². The van der Waals surface area contributed by atoms with Crippen LogP contribution < -0.4 is 5.32 Å². The molecule has 2 N–H and O–H groups in total. The molecule has 1 atom stereocenters. The number of carboxylic acid groups (broad SMARTS) is 1. The van der Waals surface area contributed by atoms with E-state index in [1.54, 1.807) is 19.9 Å². The maximum Gasteiger partial charge on any atom is 0.412 e. The minimum atomic E-state index is -0.712. The standard InChI is InChI=1S/C26H27ClN2O5/c1-15-23(28-26(32)33-16(2)21-8-3-4-9-22(21)27)24(34-29-15)20-7-5-6-19(14-20)17-10-12-18(13-11-17)25(30)31/h3-9,14,16-18H,10-13H2,1-2H3,(H,28,32)(H,30,31). The molecule has 1 aliphatic carbocycles. The zero-order valence-corrected chi connectivity index (χ0v) is 19.8. The number of anilines is 1. The molecule has 3 aromatic rings. The molecule has 8 heteroatoms. The van der Waals surface area contributed by atoms with Crippen LogP contribution in [-0.2, 0) is 9.53 Å². The van der Waals surface area contributed by atoms with Gasteiger partial charge in [0.05, 0.1) is 5.92 Å². The Morgan fingerprint density at radius 2 is 1.88 bits per heavy atom. The number of aromatic nitrogens is 1. The summed E-state index contributed by atoms with van der Waals surface area (Å²) in [4.78, 5) is 23.9. The third kappa shape index (κ3) is 5.25. The maximum atomic E-state index is 12.6. The normalized spacial score (nSPS) is 18.8. The molecule has 1 amide bonds.